The summed E-state index contributed by atoms with van der Waals surface area (Å²) in [7, 11) is 1.55. The topological polar surface area (TPSA) is 96.4 Å². The van der Waals surface area contributed by atoms with Gasteiger partial charge in [-0.1, -0.05) is 0 Å². The zero-order chi connectivity index (χ0) is 19.6. The van der Waals surface area contributed by atoms with Crippen molar-refractivity contribution >= 4 is 18.2 Å². The van der Waals surface area contributed by atoms with Crippen molar-refractivity contribution in [1.29, 1.82) is 0 Å². The average molecular weight is 358 g/mol. The summed E-state index contributed by atoms with van der Waals surface area (Å²) in [6.07, 6.45) is -0.876. The molecular formula is C17H30N2O6. The van der Waals surface area contributed by atoms with Crippen molar-refractivity contribution in [3.63, 3.8) is 0 Å². The van der Waals surface area contributed by atoms with E-state index in [4.69, 9.17) is 9.47 Å². The minimum absolute atomic E-state index is 0.0584. The highest BCUT2D eigenvalue weighted by Gasteiger charge is 2.39. The molecule has 144 valence electrons. The van der Waals surface area contributed by atoms with E-state index >= 15 is 0 Å². The number of rotatable bonds is 2. The van der Waals surface area contributed by atoms with Crippen LogP contribution in [0, 0.1) is 5.92 Å². The van der Waals surface area contributed by atoms with Crippen molar-refractivity contribution in [3.05, 3.63) is 0 Å². The second kappa shape index (κ2) is 7.49. The maximum absolute atomic E-state index is 12.3. The maximum atomic E-state index is 12.3. The van der Waals surface area contributed by atoms with Crippen LogP contribution in [0.2, 0.25) is 0 Å². The van der Waals surface area contributed by atoms with Gasteiger partial charge in [0.1, 0.15) is 11.2 Å². The first-order valence-electron chi connectivity index (χ1n) is 8.36. The predicted molar refractivity (Wildman–Crippen MR) is 91.3 cm³/mol. The van der Waals surface area contributed by atoms with Gasteiger partial charge in [0.2, 0.25) is 0 Å². The van der Waals surface area contributed by atoms with Crippen molar-refractivity contribution in [2.75, 3.05) is 20.1 Å². The van der Waals surface area contributed by atoms with E-state index in [1.165, 1.54) is 9.80 Å². The fraction of sp³-hybridized carbons (Fsp3) is 0.824. The Hall–Kier alpha value is -1.99. The number of likely N-dealkylation sites (N-methyl/N-ethyl adjacent to an activating group) is 1. The third-order valence-electron chi connectivity index (χ3n) is 3.66. The fourth-order valence-electron chi connectivity index (χ4n) is 2.49. The third kappa shape index (κ3) is 6.80. The Morgan fingerprint density at radius 2 is 1.52 bits per heavy atom. The summed E-state index contributed by atoms with van der Waals surface area (Å²) in [5.41, 5.74) is -1.34. The zero-order valence-electron chi connectivity index (χ0n) is 16.2. The standard InChI is InChI=1S/C17H30N2O6/c1-16(2,3)24-14(22)18(7)12-8-11(13(20)21)9-19(10-12)15(23)25-17(4,5)6/h11-12H,8-10H2,1-7H3,(H,20,21). The molecule has 1 heterocycles. The number of aliphatic carboxylic acids is 1. The van der Waals surface area contributed by atoms with Gasteiger partial charge >= 0.3 is 18.2 Å². The highest BCUT2D eigenvalue weighted by molar-refractivity contribution is 5.74. The van der Waals surface area contributed by atoms with E-state index in [2.05, 4.69) is 0 Å². The number of carboxylic acid groups (broad SMARTS) is 1. The SMILES string of the molecule is CN(C(=O)OC(C)(C)C)C1CC(C(=O)O)CN(C(=O)OC(C)(C)C)C1. The summed E-state index contributed by atoms with van der Waals surface area (Å²) in [6.45, 7) is 10.8. The van der Waals surface area contributed by atoms with Gasteiger partial charge in [0, 0.05) is 20.1 Å². The number of likely N-dealkylation sites (tertiary alicyclic amines) is 1. The summed E-state index contributed by atoms with van der Waals surface area (Å²) in [4.78, 5) is 38.8. The first kappa shape index (κ1) is 21.1. The number of piperidine rings is 1. The molecule has 1 aliphatic heterocycles. The van der Waals surface area contributed by atoms with Crippen molar-refractivity contribution in [1.82, 2.24) is 9.80 Å². The van der Waals surface area contributed by atoms with Crippen LogP contribution in [0.1, 0.15) is 48.0 Å². The normalized spacial score (nSPS) is 21.5. The number of carbonyl (C=O) groups excluding carboxylic acids is 2. The summed E-state index contributed by atoms with van der Waals surface area (Å²) in [5, 5.41) is 9.38. The first-order valence-corrected chi connectivity index (χ1v) is 8.36. The van der Waals surface area contributed by atoms with Crippen LogP contribution in [-0.2, 0) is 14.3 Å². The second-order valence-corrected chi connectivity index (χ2v) is 8.40. The van der Waals surface area contributed by atoms with E-state index in [1.807, 2.05) is 0 Å². The number of amides is 2. The predicted octanol–water partition coefficient (Wildman–Crippen LogP) is 2.56. The van der Waals surface area contributed by atoms with Crippen molar-refractivity contribution in [3.8, 4) is 0 Å². The summed E-state index contributed by atoms with van der Waals surface area (Å²) >= 11 is 0. The number of hydrogen-bond donors (Lipinski definition) is 1. The smallest absolute Gasteiger partial charge is 0.410 e. The molecule has 0 bridgehead atoms. The molecule has 2 amide bonds. The molecule has 1 aliphatic rings. The van der Waals surface area contributed by atoms with Crippen molar-refractivity contribution in [2.45, 2.75) is 65.2 Å². The van der Waals surface area contributed by atoms with Crippen LogP contribution >= 0.6 is 0 Å². The van der Waals surface area contributed by atoms with E-state index < -0.39 is 41.3 Å². The Bertz CT molecular complexity index is 520. The van der Waals surface area contributed by atoms with E-state index in [0.717, 1.165) is 0 Å². The molecule has 1 N–H and O–H groups in total. The second-order valence-electron chi connectivity index (χ2n) is 8.40. The molecule has 0 spiro atoms. The van der Waals surface area contributed by atoms with E-state index in [9.17, 15) is 19.5 Å². The van der Waals surface area contributed by atoms with Crippen molar-refractivity contribution in [2.24, 2.45) is 5.92 Å². The molecule has 8 heteroatoms. The Labute approximate surface area is 149 Å². The van der Waals surface area contributed by atoms with Gasteiger partial charge in [-0.15, -0.1) is 0 Å². The molecule has 1 fully saturated rings. The molecule has 0 aromatic rings. The summed E-state index contributed by atoms with van der Waals surface area (Å²) < 4.78 is 10.7. The molecule has 2 atom stereocenters. The van der Waals surface area contributed by atoms with Gasteiger partial charge in [-0.05, 0) is 48.0 Å². The summed E-state index contributed by atoms with van der Waals surface area (Å²) in [6, 6.07) is -0.461. The van der Waals surface area contributed by atoms with Gasteiger partial charge in [-0.25, -0.2) is 9.59 Å². The molecule has 0 aliphatic carbocycles. The van der Waals surface area contributed by atoms with E-state index in [0.29, 0.717) is 0 Å². The molecule has 0 aromatic heterocycles. The molecular weight excluding hydrogens is 328 g/mol. The Balaban J connectivity index is 2.90. The highest BCUT2D eigenvalue weighted by atomic mass is 16.6. The maximum Gasteiger partial charge on any atom is 0.410 e. The number of carbonyl (C=O) groups is 3. The molecule has 0 aromatic carbocycles. The lowest BCUT2D eigenvalue weighted by molar-refractivity contribution is -0.144. The molecule has 0 radical (unpaired) electrons. The Morgan fingerprint density at radius 1 is 1.00 bits per heavy atom. The number of hydrogen-bond acceptors (Lipinski definition) is 5. The van der Waals surface area contributed by atoms with Gasteiger partial charge in [0.15, 0.2) is 0 Å². The highest BCUT2D eigenvalue weighted by Crippen LogP contribution is 2.24. The average Bonchev–Trinajstić information content (AvgIpc) is 2.42. The molecule has 1 rings (SSSR count). The van der Waals surface area contributed by atoms with Crippen LogP contribution in [0.15, 0.2) is 0 Å². The zero-order valence-corrected chi connectivity index (χ0v) is 16.2. The van der Waals surface area contributed by atoms with Crippen LogP contribution in [0.3, 0.4) is 0 Å². The number of ether oxygens (including phenoxy) is 2. The lowest BCUT2D eigenvalue weighted by atomic mass is 9.94. The fourth-order valence-corrected chi connectivity index (χ4v) is 2.49. The van der Waals surface area contributed by atoms with Crippen molar-refractivity contribution < 1.29 is 29.0 Å². The minimum Gasteiger partial charge on any atom is -0.481 e. The summed E-state index contributed by atoms with van der Waals surface area (Å²) in [5.74, 6) is -1.77. The quantitative estimate of drug-likeness (QED) is 0.815. The number of nitrogens with zero attached hydrogens (tertiary/aromatic N) is 2. The lowest BCUT2D eigenvalue weighted by Gasteiger charge is -2.40. The Morgan fingerprint density at radius 3 is 1.96 bits per heavy atom. The molecule has 8 nitrogen and oxygen atoms in total. The monoisotopic (exact) mass is 358 g/mol. The molecule has 1 saturated heterocycles. The first-order chi connectivity index (χ1) is 11.2. The van der Waals surface area contributed by atoms with Crippen LogP contribution < -0.4 is 0 Å². The van der Waals surface area contributed by atoms with Gasteiger partial charge in [0.05, 0.1) is 12.0 Å². The minimum atomic E-state index is -1.00. The van der Waals surface area contributed by atoms with Crippen LogP contribution in [0.25, 0.3) is 0 Å². The lowest BCUT2D eigenvalue weighted by Crippen LogP contribution is -2.55. The van der Waals surface area contributed by atoms with E-state index in [-0.39, 0.29) is 19.5 Å². The third-order valence-corrected chi connectivity index (χ3v) is 3.66. The van der Waals surface area contributed by atoms with Crippen LogP contribution in [-0.4, -0.2) is 70.4 Å². The number of carboxylic acids is 1. The molecule has 0 saturated carbocycles. The van der Waals surface area contributed by atoms with Gasteiger partial charge in [-0.2, -0.15) is 0 Å². The molecule has 2 unspecified atom stereocenters. The molecule has 25 heavy (non-hydrogen) atoms. The van der Waals surface area contributed by atoms with E-state index in [1.54, 1.807) is 48.6 Å². The largest absolute Gasteiger partial charge is 0.481 e. The Kier molecular flexibility index (Phi) is 6.31. The van der Waals surface area contributed by atoms with Gasteiger partial charge < -0.3 is 24.4 Å². The van der Waals surface area contributed by atoms with Crippen LogP contribution in [0.5, 0.6) is 0 Å². The van der Waals surface area contributed by atoms with Crippen LogP contribution in [0.4, 0.5) is 9.59 Å². The van der Waals surface area contributed by atoms with Gasteiger partial charge in [0.25, 0.3) is 0 Å². The van der Waals surface area contributed by atoms with Gasteiger partial charge in [-0.3, -0.25) is 4.79 Å².